The zero-order chi connectivity index (χ0) is 39.7. The van der Waals surface area contributed by atoms with Crippen LogP contribution in [0.1, 0.15) is 87.6 Å². The van der Waals surface area contributed by atoms with Crippen molar-refractivity contribution in [1.82, 2.24) is 0 Å². The van der Waals surface area contributed by atoms with Crippen LogP contribution in [0.15, 0.2) is 84.9 Å². The van der Waals surface area contributed by atoms with Crippen LogP contribution in [0.5, 0.6) is 5.75 Å². The summed E-state index contributed by atoms with van der Waals surface area (Å²) in [5, 5.41) is 0.0747. The van der Waals surface area contributed by atoms with Gasteiger partial charge < -0.3 is 32.8 Å². The third-order valence-electron chi connectivity index (χ3n) is 10.4. The summed E-state index contributed by atoms with van der Waals surface area (Å²) in [6.07, 6.45) is 3.90. The molecule has 0 radical (unpaired) electrons. The summed E-state index contributed by atoms with van der Waals surface area (Å²) in [7, 11) is 0.883. The predicted octanol–water partition coefficient (Wildman–Crippen LogP) is 9.79. The second kappa shape index (κ2) is 18.7. The molecule has 3 aromatic carbocycles. The van der Waals surface area contributed by atoms with E-state index in [4.69, 9.17) is 32.8 Å². The van der Waals surface area contributed by atoms with Crippen molar-refractivity contribution in [1.29, 1.82) is 0 Å². The number of esters is 2. The van der Waals surface area contributed by atoms with Crippen LogP contribution in [0.25, 0.3) is 11.1 Å². The molecule has 1 aliphatic heterocycles. The summed E-state index contributed by atoms with van der Waals surface area (Å²) in [4.78, 5) is 26.7. The van der Waals surface area contributed by atoms with Crippen LogP contribution in [-0.4, -0.2) is 71.5 Å². The first-order valence-corrected chi connectivity index (χ1v) is 21.8. The zero-order valence-corrected chi connectivity index (χ0v) is 35.0. The van der Waals surface area contributed by atoms with Gasteiger partial charge in [-0.15, -0.1) is 0 Å². The minimum absolute atomic E-state index is 0.0257. The lowest BCUT2D eigenvalue weighted by Crippen LogP contribution is -2.44. The molecular formula is C44H60O9Si. The Bertz CT molecular complexity index is 1700. The van der Waals surface area contributed by atoms with Gasteiger partial charge in [-0.05, 0) is 105 Å². The van der Waals surface area contributed by atoms with E-state index in [2.05, 4.69) is 53.8 Å². The number of methoxy groups -OCH3 is 2. The average molecular weight is 761 g/mol. The Hall–Kier alpha value is -3.80. The van der Waals surface area contributed by atoms with Crippen molar-refractivity contribution < 1.29 is 42.4 Å². The molecule has 1 aliphatic rings. The van der Waals surface area contributed by atoms with Crippen molar-refractivity contribution >= 4 is 20.3 Å². The lowest BCUT2D eigenvalue weighted by Gasteiger charge is -2.39. The van der Waals surface area contributed by atoms with E-state index < -0.39 is 44.4 Å². The van der Waals surface area contributed by atoms with Crippen molar-refractivity contribution in [3.63, 3.8) is 0 Å². The first-order valence-electron chi connectivity index (χ1n) is 18.9. The van der Waals surface area contributed by atoms with Crippen LogP contribution in [0.3, 0.4) is 0 Å². The molecule has 0 saturated carbocycles. The summed E-state index contributed by atoms with van der Waals surface area (Å²) >= 11 is 0. The Kier molecular flexibility index (Phi) is 14.9. The maximum atomic E-state index is 13.5. The Balaban J connectivity index is 1.62. The van der Waals surface area contributed by atoms with Crippen molar-refractivity contribution in [2.24, 2.45) is 5.92 Å². The number of benzene rings is 3. The van der Waals surface area contributed by atoms with Gasteiger partial charge in [0.25, 0.3) is 0 Å². The number of hydrogen-bond acceptors (Lipinski definition) is 9. The van der Waals surface area contributed by atoms with Gasteiger partial charge in [-0.2, -0.15) is 0 Å². The maximum absolute atomic E-state index is 13.5. The van der Waals surface area contributed by atoms with E-state index in [1.165, 1.54) is 14.2 Å². The topological polar surface area (TPSA) is 98.8 Å². The molecule has 4 rings (SSSR count). The summed E-state index contributed by atoms with van der Waals surface area (Å²) in [5.41, 5.74) is 3.48. The van der Waals surface area contributed by atoms with Crippen LogP contribution in [-0.2, 0) is 34.5 Å². The number of carbonyl (C=O) groups is 2. The number of ether oxygens (including phenoxy) is 6. The maximum Gasteiger partial charge on any atom is 0.341 e. The number of carbonyl (C=O) groups excluding carboxylic acids is 2. The quantitative estimate of drug-likeness (QED) is 0.0576. The van der Waals surface area contributed by atoms with Crippen molar-refractivity contribution in [2.75, 3.05) is 21.0 Å². The Morgan fingerprint density at radius 2 is 1.54 bits per heavy atom. The van der Waals surface area contributed by atoms with E-state index in [9.17, 15) is 9.59 Å². The molecule has 3 aromatic rings. The fourth-order valence-electron chi connectivity index (χ4n) is 6.27. The zero-order valence-electron chi connectivity index (χ0n) is 34.0. The number of hydrogen-bond donors (Lipinski definition) is 0. The highest BCUT2D eigenvalue weighted by molar-refractivity contribution is 6.74. The molecule has 0 aromatic heterocycles. The third kappa shape index (κ3) is 11.4. The molecule has 0 aliphatic carbocycles. The standard InChI is InChI=1S/C44H60O9Si/c1-30(31(2)53-54(10,11)43(3,4)5)25-26-36(50-41(45)33-21-16-13-17-22-33)40-37(51-44(6,7)52-40)24-18-23-34-27-35(32-19-14-12-15-20-32)28-38(49-29-47-8)39(34)42(46)48-9/h12-17,19-22,25-28,30-31,36-37,40H,18,23-24,29H2,1-11H3/t30-,31+,36?,37+,40-/m1/s1. The second-order valence-corrected chi connectivity index (χ2v) is 20.8. The van der Waals surface area contributed by atoms with Gasteiger partial charge in [0.05, 0.1) is 18.8 Å². The van der Waals surface area contributed by atoms with Gasteiger partial charge in [0.1, 0.15) is 23.5 Å². The monoisotopic (exact) mass is 760 g/mol. The SMILES string of the molecule is COCOc1cc(-c2ccccc2)cc(CCC[C@@H]2OC(C)(C)O[C@@H]2C(C=C[C@@H](C)[C@H](C)O[Si](C)(C)C(C)(C)C)OC(=O)c2ccccc2)c1C(=O)OC. The molecule has 1 heterocycles. The minimum atomic E-state index is -2.01. The first kappa shape index (κ1) is 42.9. The van der Waals surface area contributed by atoms with Gasteiger partial charge in [0.15, 0.2) is 20.9 Å². The number of rotatable bonds is 17. The van der Waals surface area contributed by atoms with Crippen molar-refractivity contribution in [3.8, 4) is 16.9 Å². The predicted molar refractivity (Wildman–Crippen MR) is 214 cm³/mol. The summed E-state index contributed by atoms with van der Waals surface area (Å²) in [5.74, 6) is -1.43. The average Bonchev–Trinajstić information content (AvgIpc) is 3.45. The van der Waals surface area contributed by atoms with E-state index in [1.807, 2.05) is 80.6 Å². The van der Waals surface area contributed by atoms with Gasteiger partial charge in [-0.3, -0.25) is 0 Å². The summed E-state index contributed by atoms with van der Waals surface area (Å²) < 4.78 is 42.3. The third-order valence-corrected chi connectivity index (χ3v) is 15.0. The van der Waals surface area contributed by atoms with E-state index in [0.717, 1.165) is 16.7 Å². The van der Waals surface area contributed by atoms with Gasteiger partial charge >= 0.3 is 11.9 Å². The molecule has 0 bridgehead atoms. The lowest BCUT2D eigenvalue weighted by molar-refractivity contribution is -0.153. The highest BCUT2D eigenvalue weighted by Crippen LogP contribution is 2.39. The van der Waals surface area contributed by atoms with Gasteiger partial charge in [0, 0.05) is 13.2 Å². The molecule has 294 valence electrons. The molecule has 5 atom stereocenters. The van der Waals surface area contributed by atoms with Crippen LogP contribution in [0.2, 0.25) is 18.1 Å². The lowest BCUT2D eigenvalue weighted by atomic mass is 9.93. The van der Waals surface area contributed by atoms with Crippen LogP contribution in [0, 0.1) is 5.92 Å². The fourth-order valence-corrected chi connectivity index (χ4v) is 7.77. The molecule has 1 unspecified atom stereocenters. The van der Waals surface area contributed by atoms with Crippen molar-refractivity contribution in [3.05, 3.63) is 102 Å². The molecule has 9 nitrogen and oxygen atoms in total. The van der Waals surface area contributed by atoms with Gasteiger partial charge in [0.2, 0.25) is 0 Å². The molecular weight excluding hydrogens is 701 g/mol. The molecule has 1 fully saturated rings. The molecule has 0 amide bonds. The fraction of sp³-hybridized carbons (Fsp3) is 0.500. The smallest absolute Gasteiger partial charge is 0.341 e. The second-order valence-electron chi connectivity index (χ2n) is 16.0. The molecule has 1 saturated heterocycles. The van der Waals surface area contributed by atoms with Gasteiger partial charge in [-0.25, -0.2) is 9.59 Å². The molecule has 0 N–H and O–H groups in total. The van der Waals surface area contributed by atoms with Gasteiger partial charge in [-0.1, -0.05) is 88.4 Å². The normalized spacial score (nSPS) is 18.9. The summed E-state index contributed by atoms with van der Waals surface area (Å²) in [6.45, 7) is 19.1. The Morgan fingerprint density at radius 3 is 2.15 bits per heavy atom. The van der Waals surface area contributed by atoms with Crippen LogP contribution >= 0.6 is 0 Å². The molecule has 0 spiro atoms. The van der Waals surface area contributed by atoms with Crippen molar-refractivity contribution in [2.45, 2.75) is 116 Å². The van der Waals surface area contributed by atoms with E-state index in [0.29, 0.717) is 36.1 Å². The van der Waals surface area contributed by atoms with E-state index >= 15 is 0 Å². The Labute approximate surface area is 323 Å². The Morgan fingerprint density at radius 1 is 0.889 bits per heavy atom. The first-order chi connectivity index (χ1) is 25.5. The largest absolute Gasteiger partial charge is 0.467 e. The summed E-state index contributed by atoms with van der Waals surface area (Å²) in [6, 6.07) is 22.7. The molecule has 54 heavy (non-hydrogen) atoms. The highest BCUT2D eigenvalue weighted by Gasteiger charge is 2.46. The van der Waals surface area contributed by atoms with E-state index in [-0.39, 0.29) is 23.9 Å². The number of aryl methyl sites for hydroxylation is 1. The minimum Gasteiger partial charge on any atom is -0.467 e. The van der Waals surface area contributed by atoms with E-state index in [1.54, 1.807) is 12.1 Å². The van der Waals surface area contributed by atoms with Crippen LogP contribution in [0.4, 0.5) is 0 Å². The highest BCUT2D eigenvalue weighted by atomic mass is 28.4. The van der Waals surface area contributed by atoms with Crippen LogP contribution < -0.4 is 4.74 Å². The molecule has 10 heteroatoms.